The molecule has 0 amide bonds. The van der Waals surface area contributed by atoms with Crippen LogP contribution in [0.25, 0.3) is 10.8 Å². The van der Waals surface area contributed by atoms with Crippen LogP contribution in [0.15, 0.2) is 76.5 Å². The van der Waals surface area contributed by atoms with E-state index >= 15 is 0 Å². The van der Waals surface area contributed by atoms with E-state index in [4.69, 9.17) is 0 Å². The summed E-state index contributed by atoms with van der Waals surface area (Å²) in [6.45, 7) is 1.84. The third kappa shape index (κ3) is 2.00. The Kier molecular flexibility index (Phi) is 3.07. The SMILES string of the molecule is Cc1ccc2ccccc2c1S(=O)(=O)c1ccccc1. The van der Waals surface area contributed by atoms with E-state index in [0.717, 1.165) is 16.3 Å². The van der Waals surface area contributed by atoms with Gasteiger partial charge in [-0.1, -0.05) is 54.6 Å². The maximum absolute atomic E-state index is 12.9. The van der Waals surface area contributed by atoms with Crippen molar-refractivity contribution >= 4 is 20.6 Å². The van der Waals surface area contributed by atoms with Crippen LogP contribution in [-0.4, -0.2) is 8.42 Å². The van der Waals surface area contributed by atoms with Gasteiger partial charge in [0.1, 0.15) is 0 Å². The van der Waals surface area contributed by atoms with Gasteiger partial charge in [-0.15, -0.1) is 0 Å². The highest BCUT2D eigenvalue weighted by molar-refractivity contribution is 7.91. The van der Waals surface area contributed by atoms with Crippen molar-refractivity contribution in [2.24, 2.45) is 0 Å². The molecule has 2 nitrogen and oxygen atoms in total. The van der Waals surface area contributed by atoms with Crippen molar-refractivity contribution < 1.29 is 8.42 Å². The van der Waals surface area contributed by atoms with Crippen molar-refractivity contribution in [1.29, 1.82) is 0 Å². The largest absolute Gasteiger partial charge is 0.218 e. The zero-order valence-electron chi connectivity index (χ0n) is 11.1. The minimum absolute atomic E-state index is 0.333. The maximum atomic E-state index is 12.9. The van der Waals surface area contributed by atoms with Gasteiger partial charge in [-0.25, -0.2) is 8.42 Å². The summed E-state index contributed by atoms with van der Waals surface area (Å²) in [7, 11) is -3.50. The molecule has 0 bridgehead atoms. The molecule has 0 fully saturated rings. The maximum Gasteiger partial charge on any atom is 0.207 e. The first-order chi connectivity index (χ1) is 9.60. The molecule has 0 aliphatic heterocycles. The van der Waals surface area contributed by atoms with Crippen molar-refractivity contribution in [3.8, 4) is 0 Å². The Labute approximate surface area is 118 Å². The van der Waals surface area contributed by atoms with E-state index < -0.39 is 9.84 Å². The zero-order valence-corrected chi connectivity index (χ0v) is 11.9. The molecule has 3 rings (SSSR count). The van der Waals surface area contributed by atoms with E-state index in [1.807, 2.05) is 49.4 Å². The number of fused-ring (bicyclic) bond motifs is 1. The molecule has 0 N–H and O–H groups in total. The summed E-state index contributed by atoms with van der Waals surface area (Å²) in [5.41, 5.74) is 0.771. The van der Waals surface area contributed by atoms with Crippen molar-refractivity contribution in [2.45, 2.75) is 16.7 Å². The third-order valence-electron chi connectivity index (χ3n) is 3.40. The zero-order chi connectivity index (χ0) is 14.2. The van der Waals surface area contributed by atoms with Gasteiger partial charge < -0.3 is 0 Å². The van der Waals surface area contributed by atoms with Crippen LogP contribution in [0.2, 0.25) is 0 Å². The van der Waals surface area contributed by atoms with Gasteiger partial charge >= 0.3 is 0 Å². The second-order valence-electron chi connectivity index (χ2n) is 4.75. The number of aryl methyl sites for hydroxylation is 1. The van der Waals surface area contributed by atoms with Crippen molar-refractivity contribution in [2.75, 3.05) is 0 Å². The van der Waals surface area contributed by atoms with Crippen LogP contribution in [0.5, 0.6) is 0 Å². The van der Waals surface area contributed by atoms with E-state index in [9.17, 15) is 8.42 Å². The van der Waals surface area contributed by atoms with Crippen LogP contribution in [0.1, 0.15) is 5.56 Å². The predicted octanol–water partition coefficient (Wildman–Crippen LogP) is 3.98. The molecule has 0 spiro atoms. The van der Waals surface area contributed by atoms with Gasteiger partial charge in [0.05, 0.1) is 9.79 Å². The molecule has 0 unspecified atom stereocenters. The monoisotopic (exact) mass is 282 g/mol. The Bertz CT molecular complexity index is 866. The summed E-state index contributed by atoms with van der Waals surface area (Å²) in [4.78, 5) is 0.737. The highest BCUT2D eigenvalue weighted by atomic mass is 32.2. The van der Waals surface area contributed by atoms with E-state index in [0.29, 0.717) is 9.79 Å². The fraction of sp³-hybridized carbons (Fsp3) is 0.0588. The Morgan fingerprint density at radius 2 is 1.40 bits per heavy atom. The van der Waals surface area contributed by atoms with Crippen molar-refractivity contribution in [3.05, 3.63) is 72.3 Å². The van der Waals surface area contributed by atoms with Crippen LogP contribution < -0.4 is 0 Å². The van der Waals surface area contributed by atoms with Gasteiger partial charge in [0.25, 0.3) is 0 Å². The first-order valence-electron chi connectivity index (χ1n) is 6.39. The smallest absolute Gasteiger partial charge is 0.207 e. The fourth-order valence-electron chi connectivity index (χ4n) is 2.43. The van der Waals surface area contributed by atoms with E-state index in [-0.39, 0.29) is 0 Å². The topological polar surface area (TPSA) is 34.1 Å². The van der Waals surface area contributed by atoms with Gasteiger partial charge in [0.2, 0.25) is 9.84 Å². The normalized spacial score (nSPS) is 11.7. The van der Waals surface area contributed by atoms with Crippen LogP contribution in [0.4, 0.5) is 0 Å². The Morgan fingerprint density at radius 3 is 2.15 bits per heavy atom. The molecule has 0 aromatic heterocycles. The van der Waals surface area contributed by atoms with Gasteiger partial charge in [-0.05, 0) is 30.0 Å². The Hall–Kier alpha value is -2.13. The van der Waals surface area contributed by atoms with Crippen LogP contribution >= 0.6 is 0 Å². The Balaban J connectivity index is 2.38. The van der Waals surface area contributed by atoms with Crippen LogP contribution in [-0.2, 0) is 9.84 Å². The van der Waals surface area contributed by atoms with Crippen molar-refractivity contribution in [3.63, 3.8) is 0 Å². The fourth-order valence-corrected chi connectivity index (χ4v) is 4.14. The Morgan fingerprint density at radius 1 is 0.750 bits per heavy atom. The molecule has 0 radical (unpaired) electrons. The minimum Gasteiger partial charge on any atom is -0.218 e. The molecule has 3 heteroatoms. The summed E-state index contributed by atoms with van der Waals surface area (Å²) in [6, 6.07) is 20.0. The third-order valence-corrected chi connectivity index (χ3v) is 5.37. The number of hydrogen-bond donors (Lipinski definition) is 0. The summed E-state index contributed by atoms with van der Waals surface area (Å²) in [6.07, 6.45) is 0. The van der Waals surface area contributed by atoms with Gasteiger partial charge in [0, 0.05) is 5.39 Å². The van der Waals surface area contributed by atoms with Gasteiger partial charge in [0.15, 0.2) is 0 Å². The molecule has 100 valence electrons. The van der Waals surface area contributed by atoms with E-state index in [2.05, 4.69) is 0 Å². The summed E-state index contributed by atoms with van der Waals surface area (Å²) < 4.78 is 25.7. The van der Waals surface area contributed by atoms with Crippen LogP contribution in [0.3, 0.4) is 0 Å². The first-order valence-corrected chi connectivity index (χ1v) is 7.87. The van der Waals surface area contributed by atoms with E-state index in [1.54, 1.807) is 24.3 Å². The molecule has 3 aromatic carbocycles. The number of benzene rings is 3. The molecule has 0 aliphatic rings. The minimum atomic E-state index is -3.50. The molecule has 0 atom stereocenters. The van der Waals surface area contributed by atoms with E-state index in [1.165, 1.54) is 0 Å². The second kappa shape index (κ2) is 4.76. The summed E-state index contributed by atoms with van der Waals surface area (Å²) in [5.74, 6) is 0. The molecule has 0 heterocycles. The average molecular weight is 282 g/mol. The number of sulfone groups is 1. The van der Waals surface area contributed by atoms with Gasteiger partial charge in [-0.2, -0.15) is 0 Å². The molecule has 3 aromatic rings. The lowest BCUT2D eigenvalue weighted by Gasteiger charge is -2.11. The number of hydrogen-bond acceptors (Lipinski definition) is 2. The summed E-state index contributed by atoms with van der Waals surface area (Å²) >= 11 is 0. The molecule has 0 saturated carbocycles. The highest BCUT2D eigenvalue weighted by Crippen LogP contribution is 2.30. The molecule has 0 saturated heterocycles. The highest BCUT2D eigenvalue weighted by Gasteiger charge is 2.22. The second-order valence-corrected chi connectivity index (χ2v) is 6.64. The quantitative estimate of drug-likeness (QED) is 0.712. The lowest BCUT2D eigenvalue weighted by Crippen LogP contribution is -2.05. The van der Waals surface area contributed by atoms with Gasteiger partial charge in [-0.3, -0.25) is 0 Å². The molecule has 0 aliphatic carbocycles. The summed E-state index contributed by atoms with van der Waals surface area (Å²) in [5, 5.41) is 1.71. The molecular formula is C17H14O2S. The lowest BCUT2D eigenvalue weighted by atomic mass is 10.1. The lowest BCUT2D eigenvalue weighted by molar-refractivity contribution is 0.596. The standard InChI is InChI=1S/C17H14O2S/c1-13-11-12-14-7-5-6-10-16(14)17(13)20(18,19)15-8-3-2-4-9-15/h2-12H,1H3. The molecule has 20 heavy (non-hydrogen) atoms. The predicted molar refractivity (Wildman–Crippen MR) is 80.6 cm³/mol. The molecular weight excluding hydrogens is 268 g/mol. The number of rotatable bonds is 2. The average Bonchev–Trinajstić information content (AvgIpc) is 2.47. The first kappa shape index (κ1) is 12.9. The van der Waals surface area contributed by atoms with Crippen molar-refractivity contribution in [1.82, 2.24) is 0 Å². The van der Waals surface area contributed by atoms with Crippen LogP contribution in [0, 0.1) is 6.92 Å².